The second-order valence-corrected chi connectivity index (χ2v) is 3.90. The maximum Gasteiger partial charge on any atom is 0.139 e. The lowest BCUT2D eigenvalue weighted by Crippen LogP contribution is -1.91. The zero-order valence-electron chi connectivity index (χ0n) is 9.27. The van der Waals surface area contributed by atoms with Gasteiger partial charge in [-0.1, -0.05) is 23.7 Å². The van der Waals surface area contributed by atoms with E-state index in [2.05, 4.69) is 5.32 Å². The first-order valence-corrected chi connectivity index (χ1v) is 5.47. The molecule has 0 fully saturated rings. The van der Waals surface area contributed by atoms with Gasteiger partial charge in [0.05, 0.1) is 17.8 Å². The van der Waals surface area contributed by atoms with Gasteiger partial charge in [-0.2, -0.15) is 0 Å². The molecule has 0 aliphatic rings. The van der Waals surface area contributed by atoms with E-state index in [-0.39, 0.29) is 5.75 Å². The number of phenolic OH excluding ortho intramolecular Hbond substituents is 1. The van der Waals surface area contributed by atoms with Gasteiger partial charge in [0, 0.05) is 5.69 Å². The minimum Gasteiger partial charge on any atom is -0.506 e. The van der Waals surface area contributed by atoms with Crippen LogP contribution in [0.2, 0.25) is 5.02 Å². The zero-order valence-corrected chi connectivity index (χ0v) is 10.0. The molecule has 17 heavy (non-hydrogen) atoms. The van der Waals surface area contributed by atoms with Crippen molar-refractivity contribution in [3.63, 3.8) is 0 Å². The second-order valence-electron chi connectivity index (χ2n) is 3.49. The van der Waals surface area contributed by atoms with Crippen LogP contribution in [0.4, 0.5) is 11.4 Å². The molecule has 0 saturated heterocycles. The average molecular weight is 250 g/mol. The van der Waals surface area contributed by atoms with Crippen LogP contribution in [0.3, 0.4) is 0 Å². The number of anilines is 2. The van der Waals surface area contributed by atoms with E-state index in [0.29, 0.717) is 16.5 Å². The maximum atomic E-state index is 9.62. The van der Waals surface area contributed by atoms with Crippen molar-refractivity contribution in [3.8, 4) is 11.5 Å². The third kappa shape index (κ3) is 2.63. The second kappa shape index (κ2) is 4.97. The van der Waals surface area contributed by atoms with Crippen molar-refractivity contribution >= 4 is 23.0 Å². The normalized spacial score (nSPS) is 10.0. The fourth-order valence-corrected chi connectivity index (χ4v) is 1.74. The molecule has 0 aliphatic carbocycles. The quantitative estimate of drug-likeness (QED) is 0.813. The molecule has 0 bridgehead atoms. The summed E-state index contributed by atoms with van der Waals surface area (Å²) in [7, 11) is 1.57. The number of hydrogen-bond acceptors (Lipinski definition) is 3. The van der Waals surface area contributed by atoms with Crippen LogP contribution in [0.25, 0.3) is 0 Å². The number of aromatic hydroxyl groups is 1. The van der Waals surface area contributed by atoms with Gasteiger partial charge in [0.2, 0.25) is 0 Å². The summed E-state index contributed by atoms with van der Waals surface area (Å²) in [6.45, 7) is 0. The van der Waals surface area contributed by atoms with E-state index < -0.39 is 0 Å². The van der Waals surface area contributed by atoms with Crippen LogP contribution >= 0.6 is 11.6 Å². The van der Waals surface area contributed by atoms with Gasteiger partial charge in [-0.3, -0.25) is 0 Å². The van der Waals surface area contributed by atoms with Gasteiger partial charge in [0.15, 0.2) is 0 Å². The number of benzene rings is 2. The van der Waals surface area contributed by atoms with E-state index in [1.165, 1.54) is 0 Å². The van der Waals surface area contributed by atoms with Gasteiger partial charge >= 0.3 is 0 Å². The first kappa shape index (κ1) is 11.6. The van der Waals surface area contributed by atoms with Crippen LogP contribution in [0, 0.1) is 0 Å². The average Bonchev–Trinajstić information content (AvgIpc) is 2.32. The molecule has 0 amide bonds. The predicted octanol–water partition coefficient (Wildman–Crippen LogP) is 3.80. The summed E-state index contributed by atoms with van der Waals surface area (Å²) in [6, 6.07) is 12.4. The van der Waals surface area contributed by atoms with Crippen molar-refractivity contribution in [2.45, 2.75) is 0 Å². The summed E-state index contributed by atoms with van der Waals surface area (Å²) in [6.07, 6.45) is 0. The topological polar surface area (TPSA) is 41.5 Å². The van der Waals surface area contributed by atoms with Gasteiger partial charge in [0.25, 0.3) is 0 Å². The van der Waals surface area contributed by atoms with E-state index in [1.807, 2.05) is 12.1 Å². The molecule has 3 nitrogen and oxygen atoms in total. The molecule has 2 rings (SSSR count). The van der Waals surface area contributed by atoms with E-state index in [9.17, 15) is 5.11 Å². The van der Waals surface area contributed by atoms with Crippen molar-refractivity contribution in [3.05, 3.63) is 47.5 Å². The number of nitrogens with one attached hydrogen (secondary N) is 1. The smallest absolute Gasteiger partial charge is 0.139 e. The molecular weight excluding hydrogens is 238 g/mol. The number of rotatable bonds is 3. The molecule has 0 aromatic heterocycles. The Balaban J connectivity index is 2.25. The molecule has 2 N–H and O–H groups in total. The fraction of sp³-hybridized carbons (Fsp3) is 0.0769. The SMILES string of the molecule is COc1ccc(Nc2ccccc2O)cc1Cl. The number of hydrogen-bond donors (Lipinski definition) is 2. The van der Waals surface area contributed by atoms with Crippen LogP contribution in [-0.2, 0) is 0 Å². The third-order valence-corrected chi connectivity index (χ3v) is 2.63. The van der Waals surface area contributed by atoms with Crippen LogP contribution in [0.15, 0.2) is 42.5 Å². The molecule has 0 atom stereocenters. The standard InChI is InChI=1S/C13H12ClNO2/c1-17-13-7-6-9(8-10(13)14)15-11-4-2-3-5-12(11)16/h2-8,15-16H,1H3. The molecule has 88 valence electrons. The van der Waals surface area contributed by atoms with E-state index in [1.54, 1.807) is 37.4 Å². The third-order valence-electron chi connectivity index (χ3n) is 2.33. The summed E-state index contributed by atoms with van der Waals surface area (Å²) in [4.78, 5) is 0. The first-order valence-electron chi connectivity index (χ1n) is 5.09. The lowest BCUT2D eigenvalue weighted by atomic mass is 10.2. The Bertz CT molecular complexity index is 529. The fourth-order valence-electron chi connectivity index (χ4n) is 1.48. The molecule has 2 aromatic rings. The Hall–Kier alpha value is -1.87. The Kier molecular flexibility index (Phi) is 3.40. The highest BCUT2D eigenvalue weighted by Crippen LogP contribution is 2.31. The van der Waals surface area contributed by atoms with Gasteiger partial charge in [-0.15, -0.1) is 0 Å². The van der Waals surface area contributed by atoms with Gasteiger partial charge in [-0.25, -0.2) is 0 Å². The number of ether oxygens (including phenoxy) is 1. The molecule has 0 heterocycles. The number of phenols is 1. The van der Waals surface area contributed by atoms with Crippen molar-refractivity contribution in [1.29, 1.82) is 0 Å². The van der Waals surface area contributed by atoms with E-state index in [0.717, 1.165) is 5.69 Å². The molecule has 0 radical (unpaired) electrons. The first-order chi connectivity index (χ1) is 8.20. The maximum absolute atomic E-state index is 9.62. The Morgan fingerprint density at radius 2 is 1.94 bits per heavy atom. The molecule has 2 aromatic carbocycles. The highest BCUT2D eigenvalue weighted by atomic mass is 35.5. The van der Waals surface area contributed by atoms with Crippen LogP contribution in [0.5, 0.6) is 11.5 Å². The molecular formula is C13H12ClNO2. The van der Waals surface area contributed by atoms with Crippen molar-refractivity contribution in [2.24, 2.45) is 0 Å². The zero-order chi connectivity index (χ0) is 12.3. The Morgan fingerprint density at radius 1 is 1.18 bits per heavy atom. The lowest BCUT2D eigenvalue weighted by molar-refractivity contribution is 0.415. The van der Waals surface area contributed by atoms with Crippen molar-refractivity contribution < 1.29 is 9.84 Å². The molecule has 0 aliphatic heterocycles. The van der Waals surface area contributed by atoms with E-state index >= 15 is 0 Å². The lowest BCUT2D eigenvalue weighted by Gasteiger charge is -2.10. The van der Waals surface area contributed by atoms with E-state index in [4.69, 9.17) is 16.3 Å². The highest BCUT2D eigenvalue weighted by molar-refractivity contribution is 6.32. The molecule has 0 spiro atoms. The summed E-state index contributed by atoms with van der Waals surface area (Å²) >= 11 is 6.01. The summed E-state index contributed by atoms with van der Waals surface area (Å²) < 4.78 is 5.06. The highest BCUT2D eigenvalue weighted by Gasteiger charge is 2.03. The molecule has 0 unspecified atom stereocenters. The van der Waals surface area contributed by atoms with Crippen LogP contribution in [0.1, 0.15) is 0 Å². The number of methoxy groups -OCH3 is 1. The van der Waals surface area contributed by atoms with Crippen molar-refractivity contribution in [1.82, 2.24) is 0 Å². The van der Waals surface area contributed by atoms with Gasteiger partial charge < -0.3 is 15.2 Å². The minimum absolute atomic E-state index is 0.194. The Morgan fingerprint density at radius 3 is 2.59 bits per heavy atom. The van der Waals surface area contributed by atoms with Crippen LogP contribution < -0.4 is 10.1 Å². The number of para-hydroxylation sites is 2. The summed E-state index contributed by atoms with van der Waals surface area (Å²) in [5.74, 6) is 0.814. The Labute approximate surface area is 105 Å². The number of halogens is 1. The molecule has 0 saturated carbocycles. The van der Waals surface area contributed by atoms with Gasteiger partial charge in [-0.05, 0) is 30.3 Å². The van der Waals surface area contributed by atoms with Crippen LogP contribution in [-0.4, -0.2) is 12.2 Å². The largest absolute Gasteiger partial charge is 0.506 e. The van der Waals surface area contributed by atoms with Crippen molar-refractivity contribution in [2.75, 3.05) is 12.4 Å². The monoisotopic (exact) mass is 249 g/mol. The summed E-state index contributed by atoms with van der Waals surface area (Å²) in [5.41, 5.74) is 1.42. The predicted molar refractivity (Wildman–Crippen MR) is 69.4 cm³/mol. The summed E-state index contributed by atoms with van der Waals surface area (Å²) in [5, 5.41) is 13.2. The minimum atomic E-state index is 0.194. The van der Waals surface area contributed by atoms with Gasteiger partial charge in [0.1, 0.15) is 11.5 Å². The molecule has 4 heteroatoms.